The molecule has 1 aromatic carbocycles. The largest absolute Gasteiger partial charge is 0.394 e. The van der Waals surface area contributed by atoms with Crippen LogP contribution in [-0.2, 0) is 25.4 Å². The van der Waals surface area contributed by atoms with Gasteiger partial charge in [0.05, 0.1) is 31.8 Å². The smallest absolute Gasteiger partial charge is 0.224 e. The van der Waals surface area contributed by atoms with Crippen molar-refractivity contribution in [2.45, 2.75) is 146 Å². The van der Waals surface area contributed by atoms with Crippen LogP contribution in [0.5, 0.6) is 0 Å². The van der Waals surface area contributed by atoms with Gasteiger partial charge in [0.1, 0.15) is 36.3 Å². The molecular formula is C33H56FNO9. The summed E-state index contributed by atoms with van der Waals surface area (Å²) in [5, 5.41) is 54.0. The molecule has 1 aliphatic rings. The number of carbonyl (C=O) groups excluding carboxylic acids is 1. The lowest BCUT2D eigenvalue weighted by atomic mass is 9.98. The van der Waals surface area contributed by atoms with Crippen LogP contribution in [0.1, 0.15) is 96.0 Å². The fourth-order valence-corrected chi connectivity index (χ4v) is 5.55. The molecule has 11 heteroatoms. The first-order valence-electron chi connectivity index (χ1n) is 16.4. The summed E-state index contributed by atoms with van der Waals surface area (Å²) < 4.78 is 30.0. The molecule has 0 aliphatic carbocycles. The molecule has 1 aromatic rings. The minimum absolute atomic E-state index is 0.0695. The van der Waals surface area contributed by atoms with Crippen molar-refractivity contribution in [2.24, 2.45) is 0 Å². The lowest BCUT2D eigenvalue weighted by molar-refractivity contribution is -0.303. The molecule has 10 nitrogen and oxygen atoms in total. The molecule has 8 atom stereocenters. The Labute approximate surface area is 261 Å². The quantitative estimate of drug-likeness (QED) is 0.100. The van der Waals surface area contributed by atoms with Gasteiger partial charge in [-0.15, -0.1) is 0 Å². The number of hydrogen-bond acceptors (Lipinski definition) is 9. The van der Waals surface area contributed by atoms with E-state index in [-0.39, 0.29) is 13.0 Å². The number of aliphatic hydroxyl groups is 5. The molecule has 1 fully saturated rings. The molecule has 1 amide bonds. The van der Waals surface area contributed by atoms with Gasteiger partial charge in [-0.3, -0.25) is 4.79 Å². The van der Waals surface area contributed by atoms with Gasteiger partial charge >= 0.3 is 0 Å². The standard InChI is InChI=1S/C33H56FNO9/c1-3-4-5-6-7-8-9-10-11-12-13-14-15-26(42-2)29(38)25(35-28(37)20-23-16-18-24(34)19-17-23)22-43-33-32(41)31(40)30(39)27(21-36)44-33/h16-19,25-27,29-33,36,38-41H,3-15,20-22H2,1-2H3,(H,35,37)/t25-,26?,27?,29-,30?,31?,32?,33?/m0/s1. The Bertz CT molecular complexity index is 891. The van der Waals surface area contributed by atoms with Gasteiger partial charge in [0.15, 0.2) is 6.29 Å². The second-order valence-corrected chi connectivity index (χ2v) is 12.0. The summed E-state index contributed by atoms with van der Waals surface area (Å²) >= 11 is 0. The van der Waals surface area contributed by atoms with Crippen molar-refractivity contribution >= 4 is 5.91 Å². The highest BCUT2D eigenvalue weighted by atomic mass is 19.1. The van der Waals surface area contributed by atoms with E-state index < -0.39 is 67.3 Å². The molecule has 6 N–H and O–H groups in total. The van der Waals surface area contributed by atoms with E-state index in [0.717, 1.165) is 19.3 Å². The molecule has 0 bridgehead atoms. The molecule has 0 aromatic heterocycles. The Morgan fingerprint density at radius 2 is 1.48 bits per heavy atom. The first kappa shape index (κ1) is 38.5. The van der Waals surface area contributed by atoms with E-state index in [0.29, 0.717) is 12.0 Å². The van der Waals surface area contributed by atoms with E-state index in [1.54, 1.807) is 0 Å². The fraction of sp³-hybridized carbons (Fsp3) is 0.788. The minimum atomic E-state index is -1.63. The van der Waals surface area contributed by atoms with Crippen LogP contribution in [0.4, 0.5) is 4.39 Å². The van der Waals surface area contributed by atoms with Gasteiger partial charge in [0.2, 0.25) is 5.91 Å². The van der Waals surface area contributed by atoms with Gasteiger partial charge < -0.3 is 45.1 Å². The zero-order valence-electron chi connectivity index (χ0n) is 26.5. The Morgan fingerprint density at radius 3 is 2.02 bits per heavy atom. The second kappa shape index (κ2) is 21.9. The number of nitrogens with one attached hydrogen (secondary N) is 1. The minimum Gasteiger partial charge on any atom is -0.394 e. The van der Waals surface area contributed by atoms with E-state index in [1.165, 1.54) is 89.2 Å². The first-order chi connectivity index (χ1) is 21.2. The van der Waals surface area contributed by atoms with Crippen molar-refractivity contribution in [2.75, 3.05) is 20.3 Å². The van der Waals surface area contributed by atoms with Crippen LogP contribution < -0.4 is 5.32 Å². The van der Waals surface area contributed by atoms with E-state index >= 15 is 0 Å². The number of benzene rings is 1. The molecule has 254 valence electrons. The van der Waals surface area contributed by atoms with E-state index in [4.69, 9.17) is 14.2 Å². The lowest BCUT2D eigenvalue weighted by Crippen LogP contribution is -2.60. The number of carbonyl (C=O) groups is 1. The van der Waals surface area contributed by atoms with Crippen molar-refractivity contribution in [1.82, 2.24) is 5.32 Å². The fourth-order valence-electron chi connectivity index (χ4n) is 5.55. The summed E-state index contributed by atoms with van der Waals surface area (Å²) in [7, 11) is 1.49. The average Bonchev–Trinajstić information content (AvgIpc) is 3.02. The Kier molecular flexibility index (Phi) is 19.2. The van der Waals surface area contributed by atoms with E-state index in [1.807, 2.05) is 0 Å². The number of rotatable bonds is 23. The van der Waals surface area contributed by atoms with Crippen LogP contribution in [0.2, 0.25) is 0 Å². The van der Waals surface area contributed by atoms with Crippen molar-refractivity contribution in [3.63, 3.8) is 0 Å². The van der Waals surface area contributed by atoms with Crippen LogP contribution in [-0.4, -0.2) is 101 Å². The molecule has 0 radical (unpaired) electrons. The van der Waals surface area contributed by atoms with Gasteiger partial charge in [0.25, 0.3) is 0 Å². The predicted octanol–water partition coefficient (Wildman–Crippen LogP) is 3.14. The monoisotopic (exact) mass is 629 g/mol. The molecule has 0 spiro atoms. The maximum Gasteiger partial charge on any atom is 0.224 e. The highest BCUT2D eigenvalue weighted by Gasteiger charge is 2.44. The van der Waals surface area contributed by atoms with Crippen LogP contribution in [0.15, 0.2) is 24.3 Å². The highest BCUT2D eigenvalue weighted by molar-refractivity contribution is 5.78. The zero-order valence-corrected chi connectivity index (χ0v) is 26.5. The number of amides is 1. The van der Waals surface area contributed by atoms with Gasteiger partial charge in [-0.2, -0.15) is 0 Å². The van der Waals surface area contributed by atoms with Crippen molar-refractivity contribution < 1.29 is 48.9 Å². The summed E-state index contributed by atoms with van der Waals surface area (Å²) in [5.41, 5.74) is 0.576. The lowest BCUT2D eigenvalue weighted by Gasteiger charge is -2.40. The van der Waals surface area contributed by atoms with Gasteiger partial charge in [-0.05, 0) is 24.1 Å². The molecule has 6 unspecified atom stereocenters. The van der Waals surface area contributed by atoms with Gasteiger partial charge in [-0.1, -0.05) is 96.1 Å². The third-order valence-corrected chi connectivity index (χ3v) is 8.35. The third kappa shape index (κ3) is 13.7. The van der Waals surface area contributed by atoms with Crippen LogP contribution in [0, 0.1) is 5.82 Å². The summed E-state index contributed by atoms with van der Waals surface area (Å²) in [6.07, 6.45) is 5.75. The van der Waals surface area contributed by atoms with Crippen molar-refractivity contribution in [3.8, 4) is 0 Å². The Hall–Kier alpha value is -1.70. The number of aliphatic hydroxyl groups excluding tert-OH is 5. The van der Waals surface area contributed by atoms with Crippen LogP contribution in [0.3, 0.4) is 0 Å². The molecule has 0 saturated carbocycles. The van der Waals surface area contributed by atoms with Gasteiger partial charge in [-0.25, -0.2) is 4.39 Å². The number of hydrogen-bond donors (Lipinski definition) is 6. The van der Waals surface area contributed by atoms with Crippen molar-refractivity contribution in [3.05, 3.63) is 35.6 Å². The summed E-state index contributed by atoms with van der Waals surface area (Å²) in [6, 6.07) is 4.52. The first-order valence-corrected chi connectivity index (χ1v) is 16.4. The summed E-state index contributed by atoms with van der Waals surface area (Å²) in [5.74, 6) is -0.866. The normalized spacial score (nSPS) is 24.1. The van der Waals surface area contributed by atoms with E-state index in [2.05, 4.69) is 12.2 Å². The van der Waals surface area contributed by atoms with Crippen LogP contribution >= 0.6 is 0 Å². The maximum atomic E-state index is 13.3. The molecular weight excluding hydrogens is 573 g/mol. The maximum absolute atomic E-state index is 13.3. The molecule has 2 rings (SSSR count). The van der Waals surface area contributed by atoms with Crippen LogP contribution in [0.25, 0.3) is 0 Å². The molecule has 1 heterocycles. The summed E-state index contributed by atoms with van der Waals surface area (Å²) in [6.45, 7) is 1.29. The average molecular weight is 630 g/mol. The van der Waals surface area contributed by atoms with E-state index in [9.17, 15) is 34.7 Å². The third-order valence-electron chi connectivity index (χ3n) is 8.35. The zero-order chi connectivity index (χ0) is 32.3. The molecule has 44 heavy (non-hydrogen) atoms. The number of ether oxygens (including phenoxy) is 3. The highest BCUT2D eigenvalue weighted by Crippen LogP contribution is 2.23. The number of methoxy groups -OCH3 is 1. The molecule has 1 saturated heterocycles. The number of halogens is 1. The summed E-state index contributed by atoms with van der Waals surface area (Å²) in [4.78, 5) is 12.9. The Morgan fingerprint density at radius 1 is 0.909 bits per heavy atom. The predicted molar refractivity (Wildman–Crippen MR) is 164 cm³/mol. The number of unbranched alkanes of at least 4 members (excludes halogenated alkanes) is 11. The van der Waals surface area contributed by atoms with Gasteiger partial charge in [0, 0.05) is 7.11 Å². The van der Waals surface area contributed by atoms with Crippen molar-refractivity contribution in [1.29, 1.82) is 0 Å². The Balaban J connectivity index is 1.90. The second-order valence-electron chi connectivity index (χ2n) is 12.0. The molecule has 1 aliphatic heterocycles. The topological polar surface area (TPSA) is 158 Å². The SMILES string of the molecule is CCCCCCCCCCCCCCC(OC)[C@@H](O)[C@H](COC1OC(CO)C(O)C(O)C1O)NC(=O)Cc1ccc(F)cc1.